The number of urea groups is 1. The Balaban J connectivity index is 2.11. The quantitative estimate of drug-likeness (QED) is 0.430. The number of ketones is 1. The summed E-state index contributed by atoms with van der Waals surface area (Å²) in [6.45, 7) is 3.31. The summed E-state index contributed by atoms with van der Waals surface area (Å²) in [5.41, 5.74) is 0.525. The molecule has 1 aromatic heterocycles. The average molecular weight is 460 g/mol. The van der Waals surface area contributed by atoms with Crippen LogP contribution in [0, 0.1) is 0 Å². The number of hydrogen-bond donors (Lipinski definition) is 3. The van der Waals surface area contributed by atoms with E-state index in [4.69, 9.17) is 16.3 Å². The van der Waals surface area contributed by atoms with Gasteiger partial charge in [-0.1, -0.05) is 5.16 Å². The molecule has 0 saturated heterocycles. The lowest BCUT2D eigenvalue weighted by atomic mass is 10.1. The van der Waals surface area contributed by atoms with Gasteiger partial charge in [0.2, 0.25) is 11.1 Å². The van der Waals surface area contributed by atoms with Crippen LogP contribution < -0.4 is 20.7 Å². The normalized spacial score (nSPS) is 10.2. The lowest BCUT2D eigenvalue weighted by molar-refractivity contribution is -0.119. The predicted molar refractivity (Wildman–Crippen MR) is 102 cm³/mol. The zero-order chi connectivity index (χ0) is 20.0. The molecule has 0 bridgehead atoms. The highest BCUT2D eigenvalue weighted by Gasteiger charge is 2.16. The van der Waals surface area contributed by atoms with Gasteiger partial charge in [-0.05, 0) is 46.6 Å². The van der Waals surface area contributed by atoms with Crippen LogP contribution in [0.25, 0.3) is 0 Å². The molecule has 0 spiro atoms. The van der Waals surface area contributed by atoms with Gasteiger partial charge in [-0.3, -0.25) is 14.9 Å². The number of anilines is 2. The Morgan fingerprint density at radius 3 is 2.56 bits per heavy atom. The van der Waals surface area contributed by atoms with E-state index in [0.717, 1.165) is 0 Å². The average Bonchev–Trinajstić information content (AvgIpc) is 2.97. The Hall–Kier alpha value is -2.59. The van der Waals surface area contributed by atoms with E-state index in [2.05, 4.69) is 41.6 Å². The van der Waals surface area contributed by atoms with Crippen LogP contribution in [0.4, 0.5) is 16.3 Å². The first-order valence-corrected chi connectivity index (χ1v) is 8.85. The molecule has 0 saturated carbocycles. The van der Waals surface area contributed by atoms with E-state index >= 15 is 0 Å². The van der Waals surface area contributed by atoms with Crippen LogP contribution >= 0.6 is 27.5 Å². The topological polar surface area (TPSA) is 123 Å². The first kappa shape index (κ1) is 20.7. The van der Waals surface area contributed by atoms with Crippen molar-refractivity contribution in [2.75, 3.05) is 23.8 Å². The van der Waals surface area contributed by atoms with Crippen LogP contribution in [-0.2, 0) is 4.79 Å². The fourth-order valence-corrected chi connectivity index (χ4v) is 2.62. The van der Waals surface area contributed by atoms with Crippen molar-refractivity contribution in [1.82, 2.24) is 10.5 Å². The number of ether oxygens (including phenoxy) is 1. The molecule has 0 unspecified atom stereocenters. The maximum absolute atomic E-state index is 12.1. The number of benzene rings is 1. The van der Waals surface area contributed by atoms with Crippen molar-refractivity contribution in [1.29, 1.82) is 0 Å². The fourth-order valence-electron chi connectivity index (χ4n) is 2.03. The van der Waals surface area contributed by atoms with Gasteiger partial charge < -0.3 is 19.9 Å². The largest absolute Gasteiger partial charge is 0.491 e. The highest BCUT2D eigenvalue weighted by Crippen LogP contribution is 2.32. The van der Waals surface area contributed by atoms with Crippen LogP contribution in [0.2, 0.25) is 5.22 Å². The summed E-state index contributed by atoms with van der Waals surface area (Å²) < 4.78 is 10.7. The second-order valence-electron chi connectivity index (χ2n) is 5.31. The third-order valence-electron chi connectivity index (χ3n) is 3.16. The lowest BCUT2D eigenvalue weighted by Crippen LogP contribution is -2.25. The highest BCUT2D eigenvalue weighted by atomic mass is 79.9. The smallest absolute Gasteiger partial charge is 0.324 e. The minimum absolute atomic E-state index is 0.0261. The van der Waals surface area contributed by atoms with Crippen molar-refractivity contribution in [2.24, 2.45) is 0 Å². The van der Waals surface area contributed by atoms with E-state index in [0.29, 0.717) is 16.8 Å². The predicted octanol–water partition coefficient (Wildman–Crippen LogP) is 3.45. The Morgan fingerprint density at radius 1 is 1.22 bits per heavy atom. The Labute approximate surface area is 167 Å². The van der Waals surface area contributed by atoms with Gasteiger partial charge in [-0.25, -0.2) is 4.79 Å². The van der Waals surface area contributed by atoms with Crippen LogP contribution in [0.3, 0.4) is 0 Å². The maximum atomic E-state index is 12.1. The number of halogens is 2. The second-order valence-corrected chi connectivity index (χ2v) is 6.54. The van der Waals surface area contributed by atoms with Gasteiger partial charge in [0.1, 0.15) is 12.4 Å². The van der Waals surface area contributed by atoms with E-state index in [9.17, 15) is 14.4 Å². The maximum Gasteiger partial charge on any atom is 0.324 e. The molecule has 2 rings (SSSR count). The summed E-state index contributed by atoms with van der Waals surface area (Å²) in [5.74, 6) is 0.0914. The molecular formula is C16H16BrClN4O5. The molecule has 27 heavy (non-hydrogen) atoms. The van der Waals surface area contributed by atoms with Gasteiger partial charge in [0.15, 0.2) is 11.6 Å². The first-order chi connectivity index (χ1) is 12.8. The van der Waals surface area contributed by atoms with Crippen LogP contribution in [0.15, 0.2) is 27.2 Å². The molecule has 0 aliphatic heterocycles. The molecule has 3 N–H and O–H groups in total. The molecule has 144 valence electrons. The summed E-state index contributed by atoms with van der Waals surface area (Å²) in [5, 5.41) is 11.2. The van der Waals surface area contributed by atoms with Gasteiger partial charge in [0.25, 0.3) is 0 Å². The number of carbonyl (C=O) groups is 3. The zero-order valence-corrected chi connectivity index (χ0v) is 16.7. The van der Waals surface area contributed by atoms with Crippen molar-refractivity contribution < 1.29 is 23.6 Å². The highest BCUT2D eigenvalue weighted by molar-refractivity contribution is 9.10. The standard InChI is InChI=1S/C16H16BrClN4O5/c1-8(23)10-5-13(26-4-3-19-9(2)24)11(17)6-12(10)20-16(25)21-15-7-14(18)27-22-15/h5-7H,3-4H2,1-2H3,(H,19,24)(H2,20,21,22,25). The number of amides is 3. The number of Topliss-reactive ketones (excluding diaryl/α,β-unsaturated/α-hetero) is 1. The molecule has 1 heterocycles. The van der Waals surface area contributed by atoms with E-state index in [1.807, 2.05) is 0 Å². The first-order valence-electron chi connectivity index (χ1n) is 7.68. The molecule has 0 fully saturated rings. The van der Waals surface area contributed by atoms with Gasteiger partial charge in [-0.2, -0.15) is 0 Å². The van der Waals surface area contributed by atoms with Gasteiger partial charge in [0.05, 0.1) is 16.7 Å². The minimum Gasteiger partial charge on any atom is -0.491 e. The van der Waals surface area contributed by atoms with E-state index in [-0.39, 0.29) is 40.6 Å². The molecule has 0 radical (unpaired) electrons. The number of hydrogen-bond acceptors (Lipinski definition) is 6. The van der Waals surface area contributed by atoms with Crippen molar-refractivity contribution in [2.45, 2.75) is 13.8 Å². The third kappa shape index (κ3) is 6.26. The number of nitrogens with zero attached hydrogens (tertiary/aromatic N) is 1. The van der Waals surface area contributed by atoms with Crippen molar-refractivity contribution in [3.8, 4) is 5.75 Å². The Morgan fingerprint density at radius 2 is 1.96 bits per heavy atom. The van der Waals surface area contributed by atoms with Crippen LogP contribution in [-0.4, -0.2) is 36.0 Å². The van der Waals surface area contributed by atoms with E-state index < -0.39 is 6.03 Å². The van der Waals surface area contributed by atoms with Gasteiger partial charge in [0, 0.05) is 18.6 Å². The zero-order valence-electron chi connectivity index (χ0n) is 14.4. The molecule has 1 aromatic carbocycles. The Bertz CT molecular complexity index is 870. The number of nitrogens with one attached hydrogen (secondary N) is 3. The number of aromatic nitrogens is 1. The molecule has 2 aromatic rings. The molecule has 0 aliphatic rings. The third-order valence-corrected chi connectivity index (χ3v) is 3.95. The number of carbonyl (C=O) groups excluding carboxylic acids is 3. The SMILES string of the molecule is CC(=O)NCCOc1cc(C(C)=O)c(NC(=O)Nc2cc(Cl)on2)cc1Br. The van der Waals surface area contributed by atoms with Crippen molar-refractivity contribution in [3.63, 3.8) is 0 Å². The van der Waals surface area contributed by atoms with Gasteiger partial charge in [-0.15, -0.1) is 0 Å². The Kier molecular flexibility index (Phi) is 7.19. The summed E-state index contributed by atoms with van der Waals surface area (Å²) in [4.78, 5) is 34.9. The molecule has 3 amide bonds. The molecule has 11 heteroatoms. The minimum atomic E-state index is -0.631. The van der Waals surface area contributed by atoms with E-state index in [1.165, 1.54) is 26.0 Å². The van der Waals surface area contributed by atoms with Crippen molar-refractivity contribution in [3.05, 3.63) is 33.5 Å². The van der Waals surface area contributed by atoms with Gasteiger partial charge >= 0.3 is 6.03 Å². The van der Waals surface area contributed by atoms with Crippen LogP contribution in [0.5, 0.6) is 5.75 Å². The summed E-state index contributed by atoms with van der Waals surface area (Å²) >= 11 is 8.92. The van der Waals surface area contributed by atoms with Crippen LogP contribution in [0.1, 0.15) is 24.2 Å². The molecule has 0 atom stereocenters. The molecule has 9 nitrogen and oxygen atoms in total. The monoisotopic (exact) mass is 458 g/mol. The molecular weight excluding hydrogens is 444 g/mol. The summed E-state index contributed by atoms with van der Waals surface area (Å²) in [6.07, 6.45) is 0. The van der Waals surface area contributed by atoms with Crippen molar-refractivity contribution >= 4 is 56.8 Å². The lowest BCUT2D eigenvalue weighted by Gasteiger charge is -2.14. The molecule has 0 aliphatic carbocycles. The summed E-state index contributed by atoms with van der Waals surface area (Å²) in [6, 6.07) is 3.74. The number of rotatable bonds is 7. The second kappa shape index (κ2) is 9.38. The fraction of sp³-hybridized carbons (Fsp3) is 0.250. The van der Waals surface area contributed by atoms with E-state index in [1.54, 1.807) is 6.07 Å². The summed E-state index contributed by atoms with van der Waals surface area (Å²) in [7, 11) is 0.